The van der Waals surface area contributed by atoms with Gasteiger partial charge in [-0.2, -0.15) is 0 Å². The second-order valence-corrected chi connectivity index (χ2v) is 16.8. The largest absolute Gasteiger partial charge is 0.444 e. The van der Waals surface area contributed by atoms with Crippen molar-refractivity contribution >= 4 is 30.8 Å². The summed E-state index contributed by atoms with van der Waals surface area (Å²) >= 11 is 0. The normalized spacial score (nSPS) is 17.1. The molecule has 1 saturated heterocycles. The summed E-state index contributed by atoms with van der Waals surface area (Å²) in [5.74, 6) is -0.340. The summed E-state index contributed by atoms with van der Waals surface area (Å²) in [5, 5.41) is 6.72. The van der Waals surface area contributed by atoms with Gasteiger partial charge in [0.2, 0.25) is 0 Å². The second kappa shape index (κ2) is 12.6. The Morgan fingerprint density at radius 2 is 1.41 bits per heavy atom. The maximum absolute atomic E-state index is 13.1. The Morgan fingerprint density at radius 1 is 0.902 bits per heavy atom. The Balaban J connectivity index is 1.72. The minimum atomic E-state index is -2.91. The lowest BCUT2D eigenvalue weighted by Gasteiger charge is -2.44. The lowest BCUT2D eigenvalue weighted by molar-refractivity contribution is -0.179. The number of nitrogens with one attached hydrogen (secondary N) is 1. The predicted octanol–water partition coefficient (Wildman–Crippen LogP) is 5.19. The average molecular weight is 575 g/mol. The number of carbonyl (C=O) groups excluding carboxylic acids is 2. The van der Waals surface area contributed by atoms with Gasteiger partial charge in [-0.25, -0.2) is 4.79 Å². The molecular formula is C33H42N2O5Si. The van der Waals surface area contributed by atoms with Crippen LogP contribution in [0.5, 0.6) is 0 Å². The van der Waals surface area contributed by atoms with E-state index in [1.54, 1.807) is 5.06 Å². The van der Waals surface area contributed by atoms with Crippen molar-refractivity contribution in [3.05, 3.63) is 96.6 Å². The van der Waals surface area contributed by atoms with E-state index in [4.69, 9.17) is 14.0 Å². The lowest BCUT2D eigenvalue weighted by atomic mass is 10.1. The number of hydrogen-bond acceptors (Lipinski definition) is 6. The number of benzene rings is 3. The van der Waals surface area contributed by atoms with Gasteiger partial charge in [0.15, 0.2) is 0 Å². The molecule has 0 unspecified atom stereocenters. The van der Waals surface area contributed by atoms with Gasteiger partial charge in [0.05, 0.1) is 31.7 Å². The number of amides is 1. The maximum Gasteiger partial charge on any atom is 0.408 e. The molecule has 41 heavy (non-hydrogen) atoms. The van der Waals surface area contributed by atoms with Gasteiger partial charge in [0.1, 0.15) is 5.60 Å². The minimum absolute atomic E-state index is 0.122. The van der Waals surface area contributed by atoms with Crippen LogP contribution in [0, 0.1) is 0 Å². The zero-order valence-corrected chi connectivity index (χ0v) is 25.9. The molecule has 0 spiro atoms. The molecule has 1 N–H and O–H groups in total. The van der Waals surface area contributed by atoms with Crippen LogP contribution in [-0.4, -0.2) is 49.7 Å². The monoisotopic (exact) mass is 574 g/mol. The van der Waals surface area contributed by atoms with Crippen LogP contribution in [0.3, 0.4) is 0 Å². The fourth-order valence-corrected chi connectivity index (χ4v) is 10.0. The topological polar surface area (TPSA) is 77.1 Å². The third-order valence-corrected chi connectivity index (χ3v) is 12.2. The van der Waals surface area contributed by atoms with Crippen molar-refractivity contribution in [1.82, 2.24) is 10.4 Å². The van der Waals surface area contributed by atoms with Gasteiger partial charge in [0, 0.05) is 0 Å². The van der Waals surface area contributed by atoms with E-state index in [9.17, 15) is 9.59 Å². The van der Waals surface area contributed by atoms with Crippen LogP contribution in [0.15, 0.2) is 91.0 Å². The summed E-state index contributed by atoms with van der Waals surface area (Å²) in [6.07, 6.45) is -0.440. The molecule has 0 bridgehead atoms. The van der Waals surface area contributed by atoms with Crippen molar-refractivity contribution < 1.29 is 23.6 Å². The minimum Gasteiger partial charge on any atom is -0.444 e. The highest BCUT2D eigenvalue weighted by Gasteiger charge is 2.51. The number of hydrogen-bond donors (Lipinski definition) is 1. The number of nitrogens with zero attached hydrogens (tertiary/aromatic N) is 1. The first-order valence-corrected chi connectivity index (χ1v) is 16.1. The van der Waals surface area contributed by atoms with Gasteiger partial charge in [-0.3, -0.25) is 4.79 Å². The molecule has 1 heterocycles. The van der Waals surface area contributed by atoms with E-state index in [1.807, 2.05) is 87.5 Å². The molecule has 3 aromatic rings. The number of rotatable bonds is 9. The van der Waals surface area contributed by atoms with Crippen molar-refractivity contribution in [3.8, 4) is 0 Å². The number of carbonyl (C=O) groups is 2. The van der Waals surface area contributed by atoms with Crippen LogP contribution in [0.1, 0.15) is 53.5 Å². The van der Waals surface area contributed by atoms with Crippen molar-refractivity contribution in [1.29, 1.82) is 0 Å². The van der Waals surface area contributed by atoms with Gasteiger partial charge in [-0.05, 0) is 41.7 Å². The van der Waals surface area contributed by atoms with Gasteiger partial charge in [-0.1, -0.05) is 112 Å². The summed E-state index contributed by atoms with van der Waals surface area (Å²) in [7, 11) is -2.91. The Hall–Kier alpha value is -3.46. The van der Waals surface area contributed by atoms with Crippen molar-refractivity contribution in [3.63, 3.8) is 0 Å². The summed E-state index contributed by atoms with van der Waals surface area (Å²) in [6, 6.07) is 29.5. The van der Waals surface area contributed by atoms with Crippen LogP contribution in [0.2, 0.25) is 5.04 Å². The third-order valence-electron chi connectivity index (χ3n) is 7.21. The molecular weight excluding hydrogens is 532 g/mol. The first-order valence-electron chi connectivity index (χ1n) is 14.1. The Kier molecular flexibility index (Phi) is 9.36. The second-order valence-electron chi connectivity index (χ2n) is 12.5. The highest BCUT2D eigenvalue weighted by molar-refractivity contribution is 6.99. The number of ether oxygens (including phenoxy) is 1. The molecule has 0 aliphatic carbocycles. The molecule has 0 saturated carbocycles. The zero-order chi connectivity index (χ0) is 29.7. The molecule has 2 atom stereocenters. The van der Waals surface area contributed by atoms with Crippen molar-refractivity contribution in [2.24, 2.45) is 0 Å². The summed E-state index contributed by atoms with van der Waals surface area (Å²) in [5.41, 5.74) is 0.315. The fourth-order valence-electron chi connectivity index (χ4n) is 5.45. The molecule has 1 aliphatic heterocycles. The first kappa shape index (κ1) is 30.5. The van der Waals surface area contributed by atoms with Crippen LogP contribution in [-0.2, 0) is 25.3 Å². The number of alkyl carbamates (subject to hydrolysis) is 1. The number of hydroxylamine groups is 2. The fraction of sp³-hybridized carbons (Fsp3) is 0.394. The zero-order valence-electron chi connectivity index (χ0n) is 24.9. The highest BCUT2D eigenvalue weighted by atomic mass is 28.4. The van der Waals surface area contributed by atoms with E-state index in [0.29, 0.717) is 6.54 Å². The van der Waals surface area contributed by atoms with E-state index >= 15 is 0 Å². The van der Waals surface area contributed by atoms with Gasteiger partial charge >= 0.3 is 12.1 Å². The smallest absolute Gasteiger partial charge is 0.408 e. The predicted molar refractivity (Wildman–Crippen MR) is 163 cm³/mol. The standard InChI is InChI=1S/C33H42N2O5Si/c1-32(2,3)39-31(37)34-28(29-22-30(36)40-35(29)23-25-16-10-7-11-17-25)24-38-41(33(4,5)6,26-18-12-8-13-19-26)27-20-14-9-15-21-27/h7-21,28-29H,22-24H2,1-6H3,(H,34,37)/t28-,29-/m0/s1. The van der Waals surface area contributed by atoms with E-state index < -0.39 is 32.1 Å². The molecule has 0 aromatic heterocycles. The van der Waals surface area contributed by atoms with Gasteiger partial charge < -0.3 is 19.3 Å². The molecule has 0 radical (unpaired) electrons. The molecule has 1 amide bonds. The average Bonchev–Trinajstić information content (AvgIpc) is 3.28. The quantitative estimate of drug-likeness (QED) is 0.355. The van der Waals surface area contributed by atoms with E-state index in [-0.39, 0.29) is 24.0 Å². The van der Waals surface area contributed by atoms with Crippen LogP contribution in [0.25, 0.3) is 0 Å². The Labute approximate surface area is 244 Å². The molecule has 7 nitrogen and oxygen atoms in total. The Morgan fingerprint density at radius 3 is 1.90 bits per heavy atom. The SMILES string of the molecule is CC(C)(C)OC(=O)N[C@@H](CO[Si](c1ccccc1)(c1ccccc1)C(C)(C)C)[C@@H]1CC(=O)ON1Cc1ccccc1. The molecule has 8 heteroatoms. The third kappa shape index (κ3) is 7.44. The molecule has 4 rings (SSSR count). The van der Waals surface area contributed by atoms with Crippen LogP contribution in [0.4, 0.5) is 4.79 Å². The van der Waals surface area contributed by atoms with Crippen molar-refractivity contribution in [2.45, 2.75) is 77.2 Å². The van der Waals surface area contributed by atoms with Crippen LogP contribution < -0.4 is 15.7 Å². The van der Waals surface area contributed by atoms with Crippen LogP contribution >= 0.6 is 0 Å². The molecule has 1 fully saturated rings. The molecule has 3 aromatic carbocycles. The van der Waals surface area contributed by atoms with E-state index in [1.165, 1.54) is 0 Å². The van der Waals surface area contributed by atoms with Gasteiger partial charge in [-0.15, -0.1) is 5.06 Å². The van der Waals surface area contributed by atoms with E-state index in [2.05, 4.69) is 50.4 Å². The maximum atomic E-state index is 13.1. The Bertz CT molecular complexity index is 1250. The van der Waals surface area contributed by atoms with Gasteiger partial charge in [0.25, 0.3) is 8.32 Å². The van der Waals surface area contributed by atoms with E-state index in [0.717, 1.165) is 15.9 Å². The highest BCUT2D eigenvalue weighted by Crippen LogP contribution is 2.37. The summed E-state index contributed by atoms with van der Waals surface area (Å²) in [6.45, 7) is 12.7. The van der Waals surface area contributed by atoms with Crippen molar-refractivity contribution in [2.75, 3.05) is 6.61 Å². The summed E-state index contributed by atoms with van der Waals surface area (Å²) < 4.78 is 12.8. The molecule has 1 aliphatic rings. The summed E-state index contributed by atoms with van der Waals surface area (Å²) in [4.78, 5) is 31.4. The lowest BCUT2D eigenvalue weighted by Crippen LogP contribution is -2.68. The molecule has 218 valence electrons. The first-order chi connectivity index (χ1) is 19.4.